The Balaban J connectivity index is 2.24. The lowest BCUT2D eigenvalue weighted by molar-refractivity contribution is -0.137. The summed E-state index contributed by atoms with van der Waals surface area (Å²) in [6.45, 7) is 0.508. The SMILES string of the molecule is COC1CCCCN1C(=O)c1cccc(C(F)(F)F)c1. The van der Waals surface area contributed by atoms with E-state index in [2.05, 4.69) is 0 Å². The van der Waals surface area contributed by atoms with Crippen molar-refractivity contribution >= 4 is 5.91 Å². The molecule has 6 heteroatoms. The molecule has 0 bridgehead atoms. The van der Waals surface area contributed by atoms with Gasteiger partial charge in [-0.05, 0) is 37.5 Å². The van der Waals surface area contributed by atoms with Crippen molar-refractivity contribution in [1.29, 1.82) is 0 Å². The molecule has 0 N–H and O–H groups in total. The Morgan fingerprint density at radius 1 is 1.35 bits per heavy atom. The molecule has 1 aromatic rings. The van der Waals surface area contributed by atoms with Crippen LogP contribution >= 0.6 is 0 Å². The zero-order chi connectivity index (χ0) is 14.8. The molecule has 0 saturated carbocycles. The molecule has 1 heterocycles. The van der Waals surface area contributed by atoms with E-state index in [1.165, 1.54) is 24.1 Å². The number of alkyl halides is 3. The van der Waals surface area contributed by atoms with Gasteiger partial charge in [0.1, 0.15) is 6.23 Å². The first-order valence-corrected chi connectivity index (χ1v) is 6.44. The third-order valence-corrected chi connectivity index (χ3v) is 3.42. The number of carbonyl (C=O) groups excluding carboxylic acids is 1. The first kappa shape index (κ1) is 14.8. The molecule has 1 unspecified atom stereocenters. The van der Waals surface area contributed by atoms with Crippen LogP contribution in [0.1, 0.15) is 35.2 Å². The average molecular weight is 287 g/mol. The fourth-order valence-corrected chi connectivity index (χ4v) is 2.37. The van der Waals surface area contributed by atoms with E-state index in [4.69, 9.17) is 4.74 Å². The van der Waals surface area contributed by atoms with E-state index in [9.17, 15) is 18.0 Å². The van der Waals surface area contributed by atoms with Gasteiger partial charge in [-0.15, -0.1) is 0 Å². The molecule has 0 aromatic heterocycles. The first-order chi connectivity index (χ1) is 9.43. The summed E-state index contributed by atoms with van der Waals surface area (Å²) in [5.74, 6) is -0.414. The van der Waals surface area contributed by atoms with E-state index in [-0.39, 0.29) is 11.8 Å². The fourth-order valence-electron chi connectivity index (χ4n) is 2.37. The van der Waals surface area contributed by atoms with Crippen LogP contribution in [0, 0.1) is 0 Å². The summed E-state index contributed by atoms with van der Waals surface area (Å²) in [7, 11) is 1.50. The van der Waals surface area contributed by atoms with E-state index in [0.29, 0.717) is 13.0 Å². The number of methoxy groups -OCH3 is 1. The maximum Gasteiger partial charge on any atom is 0.416 e. The number of amides is 1. The van der Waals surface area contributed by atoms with Crippen LogP contribution in [0.3, 0.4) is 0 Å². The number of rotatable bonds is 2. The van der Waals surface area contributed by atoms with Gasteiger partial charge in [-0.2, -0.15) is 13.2 Å². The van der Waals surface area contributed by atoms with Crippen molar-refractivity contribution in [3.8, 4) is 0 Å². The monoisotopic (exact) mass is 287 g/mol. The maximum atomic E-state index is 12.7. The number of carbonyl (C=O) groups is 1. The highest BCUT2D eigenvalue weighted by Crippen LogP contribution is 2.30. The molecular formula is C14H16F3NO2. The number of halogens is 3. The standard InChI is InChI=1S/C14H16F3NO2/c1-20-12-7-2-3-8-18(12)13(19)10-5-4-6-11(9-10)14(15,16)17/h4-6,9,12H,2-3,7-8H2,1H3. The number of ether oxygens (including phenoxy) is 1. The van der Waals surface area contributed by atoms with E-state index < -0.39 is 17.6 Å². The van der Waals surface area contributed by atoms with E-state index in [0.717, 1.165) is 25.0 Å². The number of benzene rings is 1. The van der Waals surface area contributed by atoms with Crippen LogP contribution in [-0.4, -0.2) is 30.7 Å². The van der Waals surface area contributed by atoms with Gasteiger partial charge in [0.15, 0.2) is 0 Å². The molecule has 20 heavy (non-hydrogen) atoms. The second-order valence-electron chi connectivity index (χ2n) is 4.76. The van der Waals surface area contributed by atoms with Crippen molar-refractivity contribution in [2.45, 2.75) is 31.7 Å². The predicted octanol–water partition coefficient (Wildman–Crippen LogP) is 3.30. The van der Waals surface area contributed by atoms with Crippen LogP contribution in [-0.2, 0) is 10.9 Å². The molecule has 0 spiro atoms. The summed E-state index contributed by atoms with van der Waals surface area (Å²) in [6, 6.07) is 4.51. The van der Waals surface area contributed by atoms with E-state index >= 15 is 0 Å². The average Bonchev–Trinajstić information content (AvgIpc) is 2.45. The molecule has 0 radical (unpaired) electrons. The molecule has 1 aliphatic rings. The molecule has 0 aliphatic carbocycles. The molecule has 1 fully saturated rings. The van der Waals surface area contributed by atoms with Gasteiger partial charge >= 0.3 is 6.18 Å². The third kappa shape index (κ3) is 3.12. The van der Waals surface area contributed by atoms with Gasteiger partial charge in [0, 0.05) is 19.2 Å². The Morgan fingerprint density at radius 3 is 2.75 bits per heavy atom. The van der Waals surface area contributed by atoms with Crippen LogP contribution in [0.5, 0.6) is 0 Å². The van der Waals surface area contributed by atoms with Gasteiger partial charge in [-0.25, -0.2) is 0 Å². The second-order valence-corrected chi connectivity index (χ2v) is 4.76. The van der Waals surface area contributed by atoms with Crippen LogP contribution < -0.4 is 0 Å². The van der Waals surface area contributed by atoms with E-state index in [1.807, 2.05) is 0 Å². The zero-order valence-electron chi connectivity index (χ0n) is 11.1. The number of hydrogen-bond donors (Lipinski definition) is 0. The fraction of sp³-hybridized carbons (Fsp3) is 0.500. The van der Waals surface area contributed by atoms with Crippen molar-refractivity contribution in [2.75, 3.05) is 13.7 Å². The molecule has 1 saturated heterocycles. The molecular weight excluding hydrogens is 271 g/mol. The third-order valence-electron chi connectivity index (χ3n) is 3.42. The van der Waals surface area contributed by atoms with Crippen molar-refractivity contribution in [3.05, 3.63) is 35.4 Å². The van der Waals surface area contributed by atoms with Crippen molar-refractivity contribution in [3.63, 3.8) is 0 Å². The lowest BCUT2D eigenvalue weighted by Gasteiger charge is -2.34. The van der Waals surface area contributed by atoms with Gasteiger partial charge in [0.25, 0.3) is 5.91 Å². The van der Waals surface area contributed by atoms with Gasteiger partial charge in [-0.1, -0.05) is 6.07 Å². The molecule has 110 valence electrons. The van der Waals surface area contributed by atoms with Gasteiger partial charge in [0.05, 0.1) is 5.56 Å². The van der Waals surface area contributed by atoms with Crippen molar-refractivity contribution < 1.29 is 22.7 Å². The minimum atomic E-state index is -4.45. The summed E-state index contributed by atoms with van der Waals surface area (Å²) >= 11 is 0. The summed E-state index contributed by atoms with van der Waals surface area (Å²) < 4.78 is 43.2. The largest absolute Gasteiger partial charge is 0.416 e. The minimum absolute atomic E-state index is 0.0452. The highest BCUT2D eigenvalue weighted by molar-refractivity contribution is 5.94. The Kier molecular flexibility index (Phi) is 4.32. The Hall–Kier alpha value is -1.56. The number of likely N-dealkylation sites (tertiary alicyclic amines) is 1. The summed E-state index contributed by atoms with van der Waals surface area (Å²) in [5, 5.41) is 0. The van der Waals surface area contributed by atoms with E-state index in [1.54, 1.807) is 0 Å². The predicted molar refractivity (Wildman–Crippen MR) is 67.1 cm³/mol. The molecule has 3 nitrogen and oxygen atoms in total. The number of nitrogens with zero attached hydrogens (tertiary/aromatic N) is 1. The zero-order valence-corrected chi connectivity index (χ0v) is 11.1. The highest BCUT2D eigenvalue weighted by Gasteiger charge is 2.32. The molecule has 1 aromatic carbocycles. The topological polar surface area (TPSA) is 29.5 Å². The number of piperidine rings is 1. The Labute approximate surface area is 115 Å². The first-order valence-electron chi connectivity index (χ1n) is 6.44. The second kappa shape index (κ2) is 5.83. The van der Waals surface area contributed by atoms with Gasteiger partial charge in [0.2, 0.25) is 0 Å². The van der Waals surface area contributed by atoms with Crippen LogP contribution in [0.2, 0.25) is 0 Å². The summed E-state index contributed by atoms with van der Waals surface area (Å²) in [4.78, 5) is 13.8. The number of hydrogen-bond acceptors (Lipinski definition) is 2. The van der Waals surface area contributed by atoms with Crippen LogP contribution in [0.4, 0.5) is 13.2 Å². The smallest absolute Gasteiger partial charge is 0.362 e. The molecule has 1 atom stereocenters. The highest BCUT2D eigenvalue weighted by atomic mass is 19.4. The molecule has 1 aliphatic heterocycles. The maximum absolute atomic E-state index is 12.7. The van der Waals surface area contributed by atoms with Crippen molar-refractivity contribution in [2.24, 2.45) is 0 Å². The lowest BCUT2D eigenvalue weighted by atomic mass is 10.1. The Bertz CT molecular complexity index is 488. The van der Waals surface area contributed by atoms with Gasteiger partial charge in [-0.3, -0.25) is 4.79 Å². The van der Waals surface area contributed by atoms with Crippen LogP contribution in [0.25, 0.3) is 0 Å². The summed E-state index contributed by atoms with van der Waals surface area (Å²) in [5.41, 5.74) is -0.766. The molecule has 1 amide bonds. The quantitative estimate of drug-likeness (QED) is 0.835. The summed E-state index contributed by atoms with van der Waals surface area (Å²) in [6.07, 6.45) is -2.30. The lowest BCUT2D eigenvalue weighted by Crippen LogP contribution is -2.44. The Morgan fingerprint density at radius 2 is 2.10 bits per heavy atom. The van der Waals surface area contributed by atoms with Crippen molar-refractivity contribution in [1.82, 2.24) is 4.90 Å². The minimum Gasteiger partial charge on any atom is -0.362 e. The van der Waals surface area contributed by atoms with Crippen LogP contribution in [0.15, 0.2) is 24.3 Å². The van der Waals surface area contributed by atoms with Gasteiger partial charge < -0.3 is 9.64 Å². The molecule has 2 rings (SSSR count). The normalized spacial score (nSPS) is 20.0.